The number of nitrogens with one attached hydrogen (secondary N) is 2. The highest BCUT2D eigenvalue weighted by Gasteiger charge is 2.23. The van der Waals surface area contributed by atoms with Gasteiger partial charge >= 0.3 is 5.69 Å². The fourth-order valence-electron chi connectivity index (χ4n) is 3.26. The molecule has 8 heteroatoms. The predicted octanol–water partition coefficient (Wildman–Crippen LogP) is 2.27. The molecule has 1 fully saturated rings. The zero-order valence-electron chi connectivity index (χ0n) is 13.5. The van der Waals surface area contributed by atoms with Crippen molar-refractivity contribution in [1.29, 1.82) is 0 Å². The number of nitrogens with zero attached hydrogens (tertiary/aromatic N) is 3. The minimum atomic E-state index is -0.273. The SMILES string of the molecule is O=c1[nH]nc(C2CCN(Cc3ccc(-c4ncco4)cc3F)CC2)[nH]1. The largest absolute Gasteiger partial charge is 0.445 e. The van der Waals surface area contributed by atoms with E-state index >= 15 is 0 Å². The van der Waals surface area contributed by atoms with Crippen molar-refractivity contribution in [3.63, 3.8) is 0 Å². The van der Waals surface area contributed by atoms with Gasteiger partial charge in [-0.1, -0.05) is 6.07 Å². The van der Waals surface area contributed by atoms with E-state index in [2.05, 4.69) is 25.1 Å². The van der Waals surface area contributed by atoms with Gasteiger partial charge in [0.15, 0.2) is 0 Å². The number of piperidine rings is 1. The van der Waals surface area contributed by atoms with Crippen molar-refractivity contribution in [2.75, 3.05) is 13.1 Å². The van der Waals surface area contributed by atoms with Crippen LogP contribution in [0, 0.1) is 5.82 Å². The Morgan fingerprint density at radius 2 is 2.16 bits per heavy atom. The molecule has 0 unspecified atom stereocenters. The Bertz CT molecular complexity index is 894. The molecule has 0 atom stereocenters. The molecule has 1 aliphatic heterocycles. The molecular weight excluding hydrogens is 325 g/mol. The van der Waals surface area contributed by atoms with Crippen molar-refractivity contribution >= 4 is 0 Å². The summed E-state index contributed by atoms with van der Waals surface area (Å²) < 4.78 is 19.6. The number of benzene rings is 1. The summed E-state index contributed by atoms with van der Waals surface area (Å²) in [6.45, 7) is 2.22. The molecule has 2 N–H and O–H groups in total. The number of H-pyrrole nitrogens is 2. The molecule has 1 aliphatic rings. The van der Waals surface area contributed by atoms with Gasteiger partial charge in [0, 0.05) is 23.6 Å². The minimum Gasteiger partial charge on any atom is -0.445 e. The molecule has 1 saturated heterocycles. The normalized spacial score (nSPS) is 16.4. The molecule has 4 rings (SSSR count). The molecule has 0 amide bonds. The Labute approximate surface area is 142 Å². The first-order valence-corrected chi connectivity index (χ1v) is 8.24. The first-order valence-electron chi connectivity index (χ1n) is 8.24. The average molecular weight is 343 g/mol. The molecule has 130 valence electrons. The van der Waals surface area contributed by atoms with Crippen LogP contribution in [0.3, 0.4) is 0 Å². The maximum Gasteiger partial charge on any atom is 0.340 e. The Morgan fingerprint density at radius 3 is 2.80 bits per heavy atom. The van der Waals surface area contributed by atoms with Crippen LogP contribution < -0.4 is 5.69 Å². The standard InChI is InChI=1S/C17H18FN5O2/c18-14-9-12(16-19-5-8-25-16)1-2-13(14)10-23-6-3-11(4-7-23)15-20-17(24)22-21-15/h1-2,5,8-9,11H,3-4,6-7,10H2,(H2,20,21,22,24). The summed E-state index contributed by atoms with van der Waals surface area (Å²) in [6, 6.07) is 5.07. The molecule has 3 aromatic rings. The van der Waals surface area contributed by atoms with Gasteiger partial charge in [0.05, 0.1) is 6.20 Å². The maximum absolute atomic E-state index is 14.4. The molecule has 7 nitrogen and oxygen atoms in total. The van der Waals surface area contributed by atoms with Crippen molar-refractivity contribution in [3.05, 3.63) is 58.3 Å². The zero-order chi connectivity index (χ0) is 17.2. The predicted molar refractivity (Wildman–Crippen MR) is 88.4 cm³/mol. The van der Waals surface area contributed by atoms with E-state index < -0.39 is 0 Å². The van der Waals surface area contributed by atoms with Gasteiger partial charge < -0.3 is 4.42 Å². The molecule has 0 spiro atoms. The molecule has 1 aromatic carbocycles. The molecule has 25 heavy (non-hydrogen) atoms. The molecule has 3 heterocycles. The summed E-state index contributed by atoms with van der Waals surface area (Å²) in [5, 5.41) is 6.41. The Hall–Kier alpha value is -2.74. The van der Waals surface area contributed by atoms with Gasteiger partial charge in [-0.15, -0.1) is 0 Å². The van der Waals surface area contributed by atoms with Crippen LogP contribution in [-0.4, -0.2) is 38.2 Å². The summed E-state index contributed by atoms with van der Waals surface area (Å²) in [4.78, 5) is 20.1. The topological polar surface area (TPSA) is 90.8 Å². The smallest absolute Gasteiger partial charge is 0.340 e. The number of aromatic nitrogens is 4. The monoisotopic (exact) mass is 343 g/mol. The summed E-state index contributed by atoms with van der Waals surface area (Å²) in [5.74, 6) is 1.12. The van der Waals surface area contributed by atoms with Crippen molar-refractivity contribution in [2.24, 2.45) is 0 Å². The van der Waals surface area contributed by atoms with E-state index in [1.54, 1.807) is 6.07 Å². The van der Waals surface area contributed by atoms with Gasteiger partial charge in [-0.3, -0.25) is 9.88 Å². The van der Waals surface area contributed by atoms with Gasteiger partial charge in [-0.05, 0) is 38.1 Å². The van der Waals surface area contributed by atoms with E-state index in [4.69, 9.17) is 4.42 Å². The van der Waals surface area contributed by atoms with Crippen LogP contribution in [0.25, 0.3) is 11.5 Å². The van der Waals surface area contributed by atoms with Crippen LogP contribution in [0.5, 0.6) is 0 Å². The Kier molecular flexibility index (Phi) is 4.19. The maximum atomic E-state index is 14.4. The van der Waals surface area contributed by atoms with Crippen LogP contribution in [-0.2, 0) is 6.54 Å². The van der Waals surface area contributed by atoms with Crippen LogP contribution in [0.4, 0.5) is 4.39 Å². The number of hydrogen-bond acceptors (Lipinski definition) is 5. The molecule has 2 aromatic heterocycles. The number of likely N-dealkylation sites (tertiary alicyclic amines) is 1. The lowest BCUT2D eigenvalue weighted by Crippen LogP contribution is -2.33. The summed E-state index contributed by atoms with van der Waals surface area (Å²) in [7, 11) is 0. The molecule has 0 aliphatic carbocycles. The first-order chi connectivity index (χ1) is 12.2. The fourth-order valence-corrected chi connectivity index (χ4v) is 3.26. The number of rotatable bonds is 4. The van der Waals surface area contributed by atoms with Gasteiger partial charge in [-0.25, -0.2) is 19.3 Å². The highest BCUT2D eigenvalue weighted by molar-refractivity contribution is 5.53. The third-order valence-corrected chi connectivity index (χ3v) is 4.62. The lowest BCUT2D eigenvalue weighted by Gasteiger charge is -2.30. The van der Waals surface area contributed by atoms with Gasteiger partial charge in [0.1, 0.15) is 17.9 Å². The molecule has 0 bridgehead atoms. The first kappa shape index (κ1) is 15.8. The quantitative estimate of drug-likeness (QED) is 0.758. The highest BCUT2D eigenvalue weighted by Crippen LogP contribution is 2.27. The van der Waals surface area contributed by atoms with Crippen molar-refractivity contribution in [1.82, 2.24) is 25.1 Å². The summed E-state index contributed by atoms with van der Waals surface area (Å²) >= 11 is 0. The second-order valence-electron chi connectivity index (χ2n) is 6.26. The third kappa shape index (κ3) is 3.39. The van der Waals surface area contributed by atoms with E-state index in [-0.39, 0.29) is 17.4 Å². The van der Waals surface area contributed by atoms with Gasteiger partial charge in [0.25, 0.3) is 0 Å². The van der Waals surface area contributed by atoms with Gasteiger partial charge in [0.2, 0.25) is 5.89 Å². The molecular formula is C17H18FN5O2. The van der Waals surface area contributed by atoms with Crippen molar-refractivity contribution in [3.8, 4) is 11.5 Å². The number of halogens is 1. The lowest BCUT2D eigenvalue weighted by atomic mass is 9.96. The highest BCUT2D eigenvalue weighted by atomic mass is 19.1. The number of oxazole rings is 1. The molecule has 0 saturated carbocycles. The Balaban J connectivity index is 1.39. The van der Waals surface area contributed by atoms with E-state index in [0.717, 1.165) is 25.9 Å². The fraction of sp³-hybridized carbons (Fsp3) is 0.353. The molecule has 0 radical (unpaired) electrons. The number of hydrogen-bond donors (Lipinski definition) is 2. The van der Waals surface area contributed by atoms with Crippen LogP contribution in [0.15, 0.2) is 39.9 Å². The van der Waals surface area contributed by atoms with Crippen molar-refractivity contribution < 1.29 is 8.81 Å². The number of aromatic amines is 2. The summed E-state index contributed by atoms with van der Waals surface area (Å²) in [5.41, 5.74) is 1.01. The van der Waals surface area contributed by atoms with E-state index in [1.165, 1.54) is 18.5 Å². The van der Waals surface area contributed by atoms with Crippen LogP contribution in [0.2, 0.25) is 0 Å². The summed E-state index contributed by atoms with van der Waals surface area (Å²) in [6.07, 6.45) is 4.78. The van der Waals surface area contributed by atoms with Crippen LogP contribution in [0.1, 0.15) is 30.1 Å². The third-order valence-electron chi connectivity index (χ3n) is 4.62. The second-order valence-corrected chi connectivity index (χ2v) is 6.26. The van der Waals surface area contributed by atoms with E-state index in [9.17, 15) is 9.18 Å². The van der Waals surface area contributed by atoms with E-state index in [0.29, 0.717) is 29.4 Å². The van der Waals surface area contributed by atoms with E-state index in [1.807, 2.05) is 6.07 Å². The zero-order valence-corrected chi connectivity index (χ0v) is 13.5. The second kappa shape index (κ2) is 6.64. The van der Waals surface area contributed by atoms with Crippen LogP contribution >= 0.6 is 0 Å². The van der Waals surface area contributed by atoms with Crippen molar-refractivity contribution in [2.45, 2.75) is 25.3 Å². The minimum absolute atomic E-state index is 0.243. The Morgan fingerprint density at radius 1 is 1.32 bits per heavy atom. The van der Waals surface area contributed by atoms with Gasteiger partial charge in [-0.2, -0.15) is 5.10 Å². The average Bonchev–Trinajstić information content (AvgIpc) is 3.29. The lowest BCUT2D eigenvalue weighted by molar-refractivity contribution is 0.199.